The van der Waals surface area contributed by atoms with Crippen molar-refractivity contribution < 1.29 is 27.6 Å². The smallest absolute Gasteiger partial charge is 0.433 e. The molecular weight excluding hydrogens is 431 g/mol. The van der Waals surface area contributed by atoms with Gasteiger partial charge in [0.15, 0.2) is 11.3 Å². The average Bonchev–Trinajstić information content (AvgIpc) is 2.98. The SMILES string of the molecule is CCOc1ccc(NC(=O)c2nn3c(C(F)(F)F)cc(C)nc3c2Cl)c([N+](=O)[O-])c1. The Morgan fingerprint density at radius 2 is 2.07 bits per heavy atom. The molecule has 158 valence electrons. The molecular formula is C17H13ClF3N5O4. The zero-order chi connectivity index (χ0) is 22.2. The van der Waals surface area contributed by atoms with E-state index in [4.69, 9.17) is 16.3 Å². The lowest BCUT2D eigenvalue weighted by Gasteiger charge is -2.09. The summed E-state index contributed by atoms with van der Waals surface area (Å²) >= 11 is 6.05. The number of nitrogens with one attached hydrogen (secondary N) is 1. The molecule has 2 aromatic heterocycles. The summed E-state index contributed by atoms with van der Waals surface area (Å²) < 4.78 is 45.5. The van der Waals surface area contributed by atoms with Gasteiger partial charge in [-0.2, -0.15) is 18.3 Å². The summed E-state index contributed by atoms with van der Waals surface area (Å²) in [5, 5.41) is 16.8. The number of carbonyl (C=O) groups is 1. The molecule has 0 unspecified atom stereocenters. The lowest BCUT2D eigenvalue weighted by Crippen LogP contribution is -2.16. The molecule has 0 aliphatic rings. The van der Waals surface area contributed by atoms with Gasteiger partial charge in [-0.25, -0.2) is 9.50 Å². The van der Waals surface area contributed by atoms with E-state index in [1.807, 2.05) is 0 Å². The second-order valence-corrected chi connectivity index (χ2v) is 6.38. The lowest BCUT2D eigenvalue weighted by atomic mass is 10.2. The third kappa shape index (κ3) is 3.99. The minimum atomic E-state index is -4.77. The lowest BCUT2D eigenvalue weighted by molar-refractivity contribution is -0.384. The van der Waals surface area contributed by atoms with Gasteiger partial charge in [-0.3, -0.25) is 14.9 Å². The number of amides is 1. The minimum Gasteiger partial charge on any atom is -0.494 e. The molecule has 13 heteroatoms. The molecule has 30 heavy (non-hydrogen) atoms. The number of anilines is 1. The summed E-state index contributed by atoms with van der Waals surface area (Å²) in [7, 11) is 0. The highest BCUT2D eigenvalue weighted by atomic mass is 35.5. The Morgan fingerprint density at radius 1 is 1.37 bits per heavy atom. The zero-order valence-corrected chi connectivity index (χ0v) is 16.2. The van der Waals surface area contributed by atoms with Gasteiger partial charge in [0, 0.05) is 5.69 Å². The van der Waals surface area contributed by atoms with Crippen molar-refractivity contribution in [2.24, 2.45) is 0 Å². The van der Waals surface area contributed by atoms with Crippen molar-refractivity contribution in [3.63, 3.8) is 0 Å². The van der Waals surface area contributed by atoms with Gasteiger partial charge < -0.3 is 10.1 Å². The van der Waals surface area contributed by atoms with Gasteiger partial charge in [0.2, 0.25) is 0 Å². The van der Waals surface area contributed by atoms with E-state index in [1.165, 1.54) is 19.1 Å². The van der Waals surface area contributed by atoms with E-state index in [9.17, 15) is 28.1 Å². The summed E-state index contributed by atoms with van der Waals surface area (Å²) in [6.07, 6.45) is -4.77. The van der Waals surface area contributed by atoms with Gasteiger partial charge in [-0.15, -0.1) is 0 Å². The maximum absolute atomic E-state index is 13.3. The number of hydrogen-bond donors (Lipinski definition) is 1. The maximum Gasteiger partial charge on any atom is 0.433 e. The molecule has 0 saturated carbocycles. The first-order valence-corrected chi connectivity index (χ1v) is 8.76. The van der Waals surface area contributed by atoms with E-state index >= 15 is 0 Å². The number of benzene rings is 1. The van der Waals surface area contributed by atoms with Crippen LogP contribution < -0.4 is 10.1 Å². The molecule has 1 aromatic carbocycles. The Morgan fingerprint density at radius 3 is 2.67 bits per heavy atom. The van der Waals surface area contributed by atoms with E-state index in [2.05, 4.69) is 15.4 Å². The van der Waals surface area contributed by atoms with E-state index in [1.54, 1.807) is 6.92 Å². The molecule has 0 radical (unpaired) electrons. The first kappa shape index (κ1) is 21.3. The highest BCUT2D eigenvalue weighted by Gasteiger charge is 2.36. The van der Waals surface area contributed by atoms with E-state index < -0.39 is 39.1 Å². The van der Waals surface area contributed by atoms with Crippen molar-refractivity contribution in [1.82, 2.24) is 14.6 Å². The summed E-state index contributed by atoms with van der Waals surface area (Å²) in [5.74, 6) is -0.828. The number of rotatable bonds is 5. The van der Waals surface area contributed by atoms with Crippen LogP contribution in [0.2, 0.25) is 5.02 Å². The fourth-order valence-corrected chi connectivity index (χ4v) is 2.91. The first-order valence-electron chi connectivity index (χ1n) is 8.38. The third-order valence-corrected chi connectivity index (χ3v) is 4.24. The predicted octanol–water partition coefficient (Wildman–Crippen LogP) is 4.27. The standard InChI is InChI=1S/C17H13ClF3N5O4/c1-3-30-9-4-5-10(11(7-9)26(28)29)23-16(27)14-13(18)15-22-8(2)6-12(17(19,20)21)25(15)24-14/h4-7H,3H2,1-2H3,(H,23,27). The molecule has 9 nitrogen and oxygen atoms in total. The summed E-state index contributed by atoms with van der Waals surface area (Å²) in [6, 6.07) is 4.49. The number of carbonyl (C=O) groups excluding carboxylic acids is 1. The van der Waals surface area contributed by atoms with Crippen LogP contribution in [0.1, 0.15) is 28.8 Å². The van der Waals surface area contributed by atoms with Gasteiger partial charge >= 0.3 is 6.18 Å². The predicted molar refractivity (Wildman–Crippen MR) is 100.0 cm³/mol. The number of fused-ring (bicyclic) bond motifs is 1. The number of aromatic nitrogens is 3. The maximum atomic E-state index is 13.3. The van der Waals surface area contributed by atoms with Crippen LogP contribution in [0, 0.1) is 17.0 Å². The molecule has 0 atom stereocenters. The van der Waals surface area contributed by atoms with Gasteiger partial charge in [-0.05, 0) is 32.0 Å². The fourth-order valence-electron chi connectivity index (χ4n) is 2.67. The highest BCUT2D eigenvalue weighted by molar-refractivity contribution is 6.37. The number of nitrogens with zero attached hydrogens (tertiary/aromatic N) is 4. The van der Waals surface area contributed by atoms with E-state index in [0.29, 0.717) is 4.52 Å². The molecule has 2 heterocycles. The van der Waals surface area contributed by atoms with E-state index in [-0.39, 0.29) is 29.4 Å². The van der Waals surface area contributed by atoms with Gasteiger partial charge in [0.05, 0.1) is 17.6 Å². The molecule has 0 aliphatic heterocycles. The van der Waals surface area contributed by atoms with Crippen LogP contribution >= 0.6 is 11.6 Å². The number of aryl methyl sites for hydroxylation is 1. The number of nitro groups is 1. The van der Waals surface area contributed by atoms with Crippen LogP contribution in [0.5, 0.6) is 5.75 Å². The summed E-state index contributed by atoms with van der Waals surface area (Å²) in [6.45, 7) is 3.30. The number of alkyl halides is 3. The molecule has 0 saturated heterocycles. The van der Waals surface area contributed by atoms with Crippen molar-refractivity contribution in [2.45, 2.75) is 20.0 Å². The van der Waals surface area contributed by atoms with Crippen LogP contribution in [-0.2, 0) is 6.18 Å². The largest absolute Gasteiger partial charge is 0.494 e. The normalized spacial score (nSPS) is 11.5. The topological polar surface area (TPSA) is 112 Å². The number of halogens is 4. The number of hydrogen-bond acceptors (Lipinski definition) is 6. The summed E-state index contributed by atoms with van der Waals surface area (Å²) in [5.41, 5.74) is -2.76. The molecule has 0 fully saturated rings. The monoisotopic (exact) mass is 443 g/mol. The van der Waals surface area contributed by atoms with Crippen LogP contribution in [0.15, 0.2) is 24.3 Å². The Hall–Kier alpha value is -3.41. The van der Waals surface area contributed by atoms with Gasteiger partial charge in [-0.1, -0.05) is 11.6 Å². The third-order valence-electron chi connectivity index (χ3n) is 3.89. The van der Waals surface area contributed by atoms with E-state index in [0.717, 1.165) is 12.1 Å². The van der Waals surface area contributed by atoms with Crippen molar-refractivity contribution in [3.05, 3.63) is 56.5 Å². The Balaban J connectivity index is 2.04. The van der Waals surface area contributed by atoms with Crippen LogP contribution in [0.3, 0.4) is 0 Å². The summed E-state index contributed by atoms with van der Waals surface area (Å²) in [4.78, 5) is 27.1. The van der Waals surface area contributed by atoms with Crippen LogP contribution in [0.4, 0.5) is 24.5 Å². The first-order chi connectivity index (χ1) is 14.0. The second kappa shape index (κ2) is 7.78. The molecule has 1 N–H and O–H groups in total. The molecule has 0 bridgehead atoms. The molecule has 1 amide bonds. The molecule has 0 aliphatic carbocycles. The number of ether oxygens (including phenoxy) is 1. The minimum absolute atomic E-state index is 0.0192. The second-order valence-electron chi connectivity index (χ2n) is 6.00. The Kier molecular flexibility index (Phi) is 5.53. The van der Waals surface area contributed by atoms with Crippen molar-refractivity contribution in [3.8, 4) is 5.75 Å². The fraction of sp³-hybridized carbons (Fsp3) is 0.235. The Bertz CT molecular complexity index is 1160. The molecule has 3 aromatic rings. The van der Waals surface area contributed by atoms with Gasteiger partial charge in [0.25, 0.3) is 11.6 Å². The number of nitro benzene ring substituents is 1. The van der Waals surface area contributed by atoms with Crippen LogP contribution in [-0.4, -0.2) is 32.0 Å². The highest BCUT2D eigenvalue weighted by Crippen LogP contribution is 2.33. The van der Waals surface area contributed by atoms with Crippen molar-refractivity contribution in [1.29, 1.82) is 0 Å². The molecule has 3 rings (SSSR count). The average molecular weight is 444 g/mol. The van der Waals surface area contributed by atoms with Crippen molar-refractivity contribution in [2.75, 3.05) is 11.9 Å². The molecule has 0 spiro atoms. The zero-order valence-electron chi connectivity index (χ0n) is 15.5. The van der Waals surface area contributed by atoms with Gasteiger partial charge in [0.1, 0.15) is 22.2 Å². The van der Waals surface area contributed by atoms with Crippen LogP contribution in [0.25, 0.3) is 5.65 Å². The quantitative estimate of drug-likeness (QED) is 0.465. The van der Waals surface area contributed by atoms with Crippen molar-refractivity contribution >= 4 is 34.5 Å². The Labute approximate surface area is 171 Å².